The molecular formula is C18H21BrFN. The molecule has 0 bridgehead atoms. The minimum Gasteiger partial charge on any atom is -0.313 e. The molecule has 0 fully saturated rings. The van der Waals surface area contributed by atoms with Crippen LogP contribution in [0.15, 0.2) is 53.0 Å². The molecular weight excluding hydrogens is 329 g/mol. The highest BCUT2D eigenvalue weighted by molar-refractivity contribution is 9.10. The molecule has 1 unspecified atom stereocenters. The molecule has 0 saturated carbocycles. The van der Waals surface area contributed by atoms with Gasteiger partial charge in [0.25, 0.3) is 0 Å². The van der Waals surface area contributed by atoms with E-state index >= 15 is 0 Å². The summed E-state index contributed by atoms with van der Waals surface area (Å²) in [6.07, 6.45) is 2.69. The van der Waals surface area contributed by atoms with Crippen molar-refractivity contribution in [3.8, 4) is 0 Å². The lowest BCUT2D eigenvalue weighted by Crippen LogP contribution is -2.34. The van der Waals surface area contributed by atoms with Crippen molar-refractivity contribution in [2.45, 2.75) is 32.2 Å². The predicted octanol–water partition coefficient (Wildman–Crippen LogP) is 4.74. The fourth-order valence-corrected chi connectivity index (χ4v) is 2.66. The van der Waals surface area contributed by atoms with Gasteiger partial charge in [-0.2, -0.15) is 0 Å². The number of benzene rings is 2. The van der Waals surface area contributed by atoms with E-state index < -0.39 is 0 Å². The fraction of sp³-hybridized carbons (Fsp3) is 0.333. The molecule has 0 aliphatic rings. The molecule has 1 nitrogen and oxygen atoms in total. The van der Waals surface area contributed by atoms with Gasteiger partial charge in [0.05, 0.1) is 0 Å². The number of halogens is 2. The Morgan fingerprint density at radius 3 is 2.43 bits per heavy atom. The molecule has 0 amide bonds. The molecule has 1 N–H and O–H groups in total. The van der Waals surface area contributed by atoms with Gasteiger partial charge in [0.15, 0.2) is 0 Å². The SMILES string of the molecule is CCCNC(Cc1ccc(Br)cc1)Cc1ccccc1F. The van der Waals surface area contributed by atoms with Gasteiger partial charge in [-0.15, -0.1) is 0 Å². The topological polar surface area (TPSA) is 12.0 Å². The lowest BCUT2D eigenvalue weighted by atomic mass is 9.98. The molecule has 0 aromatic heterocycles. The number of hydrogen-bond donors (Lipinski definition) is 1. The number of hydrogen-bond acceptors (Lipinski definition) is 1. The van der Waals surface area contributed by atoms with E-state index in [9.17, 15) is 4.39 Å². The van der Waals surface area contributed by atoms with E-state index in [1.54, 1.807) is 6.07 Å². The van der Waals surface area contributed by atoms with E-state index in [2.05, 4.69) is 52.4 Å². The summed E-state index contributed by atoms with van der Waals surface area (Å²) in [6, 6.07) is 15.6. The van der Waals surface area contributed by atoms with Crippen LogP contribution in [0.5, 0.6) is 0 Å². The summed E-state index contributed by atoms with van der Waals surface area (Å²) in [5.41, 5.74) is 2.05. The molecule has 2 aromatic carbocycles. The Hall–Kier alpha value is -1.19. The van der Waals surface area contributed by atoms with E-state index in [1.165, 1.54) is 11.6 Å². The van der Waals surface area contributed by atoms with Crippen molar-refractivity contribution < 1.29 is 4.39 Å². The quantitative estimate of drug-likeness (QED) is 0.760. The van der Waals surface area contributed by atoms with Crippen LogP contribution in [0.2, 0.25) is 0 Å². The zero-order valence-corrected chi connectivity index (χ0v) is 13.9. The van der Waals surface area contributed by atoms with Crippen LogP contribution in [0.25, 0.3) is 0 Å². The smallest absolute Gasteiger partial charge is 0.126 e. The summed E-state index contributed by atoms with van der Waals surface area (Å²) in [6.45, 7) is 3.10. The third-order valence-corrected chi connectivity index (χ3v) is 4.03. The van der Waals surface area contributed by atoms with Gasteiger partial charge in [-0.25, -0.2) is 4.39 Å². The van der Waals surface area contributed by atoms with Crippen molar-refractivity contribution in [1.82, 2.24) is 5.32 Å². The standard InChI is InChI=1S/C18H21BrFN/c1-2-11-21-17(12-14-7-9-16(19)10-8-14)13-15-5-3-4-6-18(15)20/h3-10,17,21H,2,11-13H2,1H3. The van der Waals surface area contributed by atoms with Crippen LogP contribution in [0.1, 0.15) is 24.5 Å². The van der Waals surface area contributed by atoms with Crippen molar-refractivity contribution in [1.29, 1.82) is 0 Å². The van der Waals surface area contributed by atoms with Gasteiger partial charge in [-0.1, -0.05) is 53.2 Å². The Balaban J connectivity index is 2.07. The zero-order chi connectivity index (χ0) is 15.1. The Morgan fingerprint density at radius 1 is 1.05 bits per heavy atom. The van der Waals surface area contributed by atoms with E-state index in [4.69, 9.17) is 0 Å². The molecule has 1 atom stereocenters. The first-order valence-electron chi connectivity index (χ1n) is 7.40. The van der Waals surface area contributed by atoms with Crippen molar-refractivity contribution in [2.75, 3.05) is 6.54 Å². The second kappa shape index (κ2) is 8.30. The third-order valence-electron chi connectivity index (χ3n) is 3.50. The number of rotatable bonds is 7. The van der Waals surface area contributed by atoms with Gasteiger partial charge in [0.1, 0.15) is 5.82 Å². The summed E-state index contributed by atoms with van der Waals surface area (Å²) in [5.74, 6) is -0.114. The predicted molar refractivity (Wildman–Crippen MR) is 90.0 cm³/mol. The van der Waals surface area contributed by atoms with Gasteiger partial charge in [-0.05, 0) is 55.1 Å². The minimum absolute atomic E-state index is 0.114. The molecule has 2 aromatic rings. The zero-order valence-electron chi connectivity index (χ0n) is 12.3. The van der Waals surface area contributed by atoms with E-state index in [0.29, 0.717) is 6.42 Å². The maximum Gasteiger partial charge on any atom is 0.126 e. The second-order valence-electron chi connectivity index (χ2n) is 5.28. The second-order valence-corrected chi connectivity index (χ2v) is 6.19. The summed E-state index contributed by atoms with van der Waals surface area (Å²) in [7, 11) is 0. The van der Waals surface area contributed by atoms with Crippen molar-refractivity contribution in [3.63, 3.8) is 0 Å². The first-order valence-corrected chi connectivity index (χ1v) is 8.19. The summed E-state index contributed by atoms with van der Waals surface area (Å²) in [5, 5.41) is 3.53. The van der Waals surface area contributed by atoms with Gasteiger partial charge in [-0.3, -0.25) is 0 Å². The summed E-state index contributed by atoms with van der Waals surface area (Å²) in [4.78, 5) is 0. The van der Waals surface area contributed by atoms with E-state index in [-0.39, 0.29) is 11.9 Å². The monoisotopic (exact) mass is 349 g/mol. The van der Waals surface area contributed by atoms with E-state index in [0.717, 1.165) is 29.4 Å². The lowest BCUT2D eigenvalue weighted by molar-refractivity contribution is 0.492. The van der Waals surface area contributed by atoms with Crippen LogP contribution in [-0.4, -0.2) is 12.6 Å². The highest BCUT2D eigenvalue weighted by atomic mass is 79.9. The third kappa shape index (κ3) is 5.25. The summed E-state index contributed by atoms with van der Waals surface area (Å²) < 4.78 is 14.9. The normalized spacial score (nSPS) is 12.3. The first-order chi connectivity index (χ1) is 10.2. The van der Waals surface area contributed by atoms with Crippen molar-refractivity contribution in [3.05, 3.63) is 69.9 Å². The Bertz CT molecular complexity index is 553. The van der Waals surface area contributed by atoms with E-state index in [1.807, 2.05) is 12.1 Å². The van der Waals surface area contributed by atoms with Crippen LogP contribution in [0, 0.1) is 5.82 Å². The molecule has 0 aliphatic heterocycles. The molecule has 0 saturated heterocycles. The molecule has 0 aliphatic carbocycles. The number of nitrogens with one attached hydrogen (secondary N) is 1. The molecule has 21 heavy (non-hydrogen) atoms. The van der Waals surface area contributed by atoms with Crippen molar-refractivity contribution in [2.24, 2.45) is 0 Å². The lowest BCUT2D eigenvalue weighted by Gasteiger charge is -2.19. The minimum atomic E-state index is -0.114. The molecule has 112 valence electrons. The van der Waals surface area contributed by atoms with Gasteiger partial charge in [0, 0.05) is 10.5 Å². The van der Waals surface area contributed by atoms with Gasteiger partial charge < -0.3 is 5.32 Å². The highest BCUT2D eigenvalue weighted by Crippen LogP contribution is 2.15. The first kappa shape index (κ1) is 16.2. The van der Waals surface area contributed by atoms with Crippen LogP contribution in [-0.2, 0) is 12.8 Å². The van der Waals surface area contributed by atoms with Crippen LogP contribution < -0.4 is 5.32 Å². The van der Waals surface area contributed by atoms with Crippen molar-refractivity contribution >= 4 is 15.9 Å². The maximum atomic E-state index is 13.8. The Kier molecular flexibility index (Phi) is 6.40. The maximum absolute atomic E-state index is 13.8. The highest BCUT2D eigenvalue weighted by Gasteiger charge is 2.12. The molecule has 3 heteroatoms. The van der Waals surface area contributed by atoms with Gasteiger partial charge >= 0.3 is 0 Å². The summed E-state index contributed by atoms with van der Waals surface area (Å²) >= 11 is 3.45. The largest absolute Gasteiger partial charge is 0.313 e. The van der Waals surface area contributed by atoms with Gasteiger partial charge in [0.2, 0.25) is 0 Å². The van der Waals surface area contributed by atoms with Crippen LogP contribution in [0.3, 0.4) is 0 Å². The Morgan fingerprint density at radius 2 is 1.76 bits per heavy atom. The average molecular weight is 350 g/mol. The molecule has 0 radical (unpaired) electrons. The van der Waals surface area contributed by atoms with Crippen LogP contribution >= 0.6 is 15.9 Å². The molecule has 0 heterocycles. The average Bonchev–Trinajstić information content (AvgIpc) is 2.49. The van der Waals surface area contributed by atoms with Crippen LogP contribution in [0.4, 0.5) is 4.39 Å². The molecule has 0 spiro atoms. The Labute approximate surface area is 134 Å². The molecule has 2 rings (SSSR count). The fourth-order valence-electron chi connectivity index (χ4n) is 2.40.